The lowest BCUT2D eigenvalue weighted by atomic mass is 9.78. The molecule has 6 heteroatoms. The maximum absolute atomic E-state index is 13.8. The summed E-state index contributed by atoms with van der Waals surface area (Å²) in [6.45, 7) is 8.90. The van der Waals surface area contributed by atoms with Crippen molar-refractivity contribution in [1.29, 1.82) is 0 Å². The van der Waals surface area contributed by atoms with Crippen LogP contribution in [0.2, 0.25) is 0 Å². The van der Waals surface area contributed by atoms with Crippen LogP contribution in [0.1, 0.15) is 62.9 Å². The Bertz CT molecular complexity index is 574. The van der Waals surface area contributed by atoms with Gasteiger partial charge in [0.15, 0.2) is 23.3 Å². The predicted molar refractivity (Wildman–Crippen MR) is 85.8 cm³/mol. The molecule has 0 radical (unpaired) electrons. The van der Waals surface area contributed by atoms with Crippen LogP contribution >= 0.6 is 0 Å². The molecule has 2 rings (SSSR count). The Morgan fingerprint density at radius 1 is 0.958 bits per heavy atom. The van der Waals surface area contributed by atoms with Crippen molar-refractivity contribution in [2.45, 2.75) is 59.9 Å². The number of nitrogens with one attached hydrogen (secondary N) is 1. The molecule has 0 heterocycles. The second-order valence-electron chi connectivity index (χ2n) is 6.10. The Morgan fingerprint density at radius 2 is 1.46 bits per heavy atom. The first-order valence-electron chi connectivity index (χ1n) is 8.39. The quantitative estimate of drug-likeness (QED) is 0.583. The number of carbonyl (C=O) groups is 1. The molecular weight excluding hydrogens is 322 g/mol. The summed E-state index contributed by atoms with van der Waals surface area (Å²) in [6, 6.07) is -0.262. The van der Waals surface area contributed by atoms with Crippen LogP contribution < -0.4 is 5.32 Å². The minimum atomic E-state index is -1.65. The van der Waals surface area contributed by atoms with Crippen molar-refractivity contribution in [2.24, 2.45) is 11.8 Å². The number of carbonyl (C=O) groups excluding carboxylic acids is 1. The Kier molecular flexibility index (Phi) is 7.24. The van der Waals surface area contributed by atoms with Gasteiger partial charge in [-0.25, -0.2) is 17.6 Å². The third-order valence-electron chi connectivity index (χ3n) is 4.73. The highest BCUT2D eigenvalue weighted by Gasteiger charge is 2.32. The van der Waals surface area contributed by atoms with Crippen LogP contribution in [0.3, 0.4) is 0 Å². The van der Waals surface area contributed by atoms with Crippen LogP contribution in [0.5, 0.6) is 0 Å². The van der Waals surface area contributed by atoms with Gasteiger partial charge in [0.1, 0.15) is 5.56 Å². The van der Waals surface area contributed by atoms with E-state index < -0.39 is 40.3 Å². The monoisotopic (exact) mass is 347 g/mol. The molecule has 1 N–H and O–H groups in total. The molecule has 3 unspecified atom stereocenters. The summed E-state index contributed by atoms with van der Waals surface area (Å²) < 4.78 is 54.8. The molecule has 24 heavy (non-hydrogen) atoms. The molecule has 0 aromatic heterocycles. The number of amides is 1. The Labute approximate surface area is 140 Å². The maximum Gasteiger partial charge on any atom is 0.257 e. The van der Waals surface area contributed by atoms with Gasteiger partial charge in [-0.1, -0.05) is 40.5 Å². The SMILES string of the molecule is CC.Cc1c(F)c(F)c(C(=O)NC2CCCC(C)C2C)c(F)c1F. The summed E-state index contributed by atoms with van der Waals surface area (Å²) in [4.78, 5) is 12.1. The number of rotatable bonds is 2. The Morgan fingerprint density at radius 3 is 1.96 bits per heavy atom. The molecule has 1 saturated carbocycles. The highest BCUT2D eigenvalue weighted by molar-refractivity contribution is 5.95. The number of benzene rings is 1. The minimum Gasteiger partial charge on any atom is -0.349 e. The molecule has 0 bridgehead atoms. The van der Waals surface area contributed by atoms with E-state index in [4.69, 9.17) is 0 Å². The maximum atomic E-state index is 13.8. The molecule has 1 amide bonds. The van der Waals surface area contributed by atoms with Crippen molar-refractivity contribution in [1.82, 2.24) is 5.32 Å². The van der Waals surface area contributed by atoms with E-state index in [-0.39, 0.29) is 12.0 Å². The summed E-state index contributed by atoms with van der Waals surface area (Å²) in [5.41, 5.74) is -1.96. The number of halogens is 4. The van der Waals surface area contributed by atoms with E-state index in [1.165, 1.54) is 0 Å². The highest BCUT2D eigenvalue weighted by Crippen LogP contribution is 2.30. The highest BCUT2D eigenvalue weighted by atomic mass is 19.2. The van der Waals surface area contributed by atoms with Crippen LogP contribution in [0.25, 0.3) is 0 Å². The molecule has 1 aliphatic carbocycles. The lowest BCUT2D eigenvalue weighted by Gasteiger charge is -2.34. The second-order valence-corrected chi connectivity index (χ2v) is 6.10. The summed E-state index contributed by atoms with van der Waals surface area (Å²) in [5.74, 6) is -6.98. The fourth-order valence-corrected chi connectivity index (χ4v) is 2.97. The van der Waals surface area contributed by atoms with E-state index in [1.54, 1.807) is 0 Å². The lowest BCUT2D eigenvalue weighted by Crippen LogP contribution is -2.44. The van der Waals surface area contributed by atoms with Crippen molar-refractivity contribution >= 4 is 5.91 Å². The fourth-order valence-electron chi connectivity index (χ4n) is 2.97. The van der Waals surface area contributed by atoms with Gasteiger partial charge in [-0.15, -0.1) is 0 Å². The third-order valence-corrected chi connectivity index (χ3v) is 4.73. The van der Waals surface area contributed by atoms with Gasteiger partial charge >= 0.3 is 0 Å². The first-order valence-corrected chi connectivity index (χ1v) is 8.39. The molecule has 1 fully saturated rings. The van der Waals surface area contributed by atoms with E-state index in [0.717, 1.165) is 19.8 Å². The van der Waals surface area contributed by atoms with Crippen molar-refractivity contribution in [3.63, 3.8) is 0 Å². The van der Waals surface area contributed by atoms with Crippen LogP contribution in [0.15, 0.2) is 0 Å². The molecule has 136 valence electrons. The fraction of sp³-hybridized carbons (Fsp3) is 0.611. The van der Waals surface area contributed by atoms with Gasteiger partial charge in [-0.3, -0.25) is 4.79 Å². The second kappa shape index (κ2) is 8.49. The minimum absolute atomic E-state index is 0.129. The van der Waals surface area contributed by atoms with Gasteiger partial charge in [0.2, 0.25) is 0 Å². The Hall–Kier alpha value is -1.59. The first-order chi connectivity index (χ1) is 11.3. The lowest BCUT2D eigenvalue weighted by molar-refractivity contribution is 0.0880. The van der Waals surface area contributed by atoms with Crippen LogP contribution in [0.4, 0.5) is 17.6 Å². The third kappa shape index (κ3) is 3.90. The first kappa shape index (κ1) is 20.5. The largest absolute Gasteiger partial charge is 0.349 e. The summed E-state index contributed by atoms with van der Waals surface area (Å²) in [7, 11) is 0. The average molecular weight is 347 g/mol. The number of hydrogen-bond acceptors (Lipinski definition) is 1. The predicted octanol–water partition coefficient (Wildman–Crippen LogP) is 5.13. The summed E-state index contributed by atoms with van der Waals surface area (Å²) >= 11 is 0. The molecule has 1 aromatic carbocycles. The molecule has 1 aromatic rings. The smallest absolute Gasteiger partial charge is 0.257 e. The van der Waals surface area contributed by atoms with Crippen molar-refractivity contribution < 1.29 is 22.4 Å². The zero-order valence-corrected chi connectivity index (χ0v) is 14.8. The van der Waals surface area contributed by atoms with Gasteiger partial charge in [-0.2, -0.15) is 0 Å². The molecule has 0 spiro atoms. The topological polar surface area (TPSA) is 29.1 Å². The van der Waals surface area contributed by atoms with Crippen molar-refractivity contribution in [3.8, 4) is 0 Å². The number of hydrogen-bond donors (Lipinski definition) is 1. The van der Waals surface area contributed by atoms with Gasteiger partial charge in [0, 0.05) is 11.6 Å². The zero-order valence-electron chi connectivity index (χ0n) is 14.8. The van der Waals surface area contributed by atoms with E-state index in [1.807, 2.05) is 27.7 Å². The standard InChI is InChI=1S/C16H19F4NO.C2H6/c1-7-5-4-6-10(8(7)2)21-16(22)11-14(19)12(17)9(3)13(18)15(11)20;1-2/h7-8,10H,4-6H2,1-3H3,(H,21,22);1-2H3. The average Bonchev–Trinajstić information content (AvgIpc) is 2.57. The summed E-state index contributed by atoms with van der Waals surface area (Å²) in [6.07, 6.45) is 2.58. The van der Waals surface area contributed by atoms with Crippen LogP contribution in [-0.2, 0) is 0 Å². The molecule has 1 aliphatic rings. The van der Waals surface area contributed by atoms with Gasteiger partial charge < -0.3 is 5.32 Å². The van der Waals surface area contributed by atoms with Gasteiger partial charge in [-0.05, 0) is 25.2 Å². The van der Waals surface area contributed by atoms with Gasteiger partial charge in [0.05, 0.1) is 0 Å². The van der Waals surface area contributed by atoms with Crippen molar-refractivity contribution in [2.75, 3.05) is 0 Å². The van der Waals surface area contributed by atoms with Crippen LogP contribution in [-0.4, -0.2) is 11.9 Å². The molecule has 2 nitrogen and oxygen atoms in total. The van der Waals surface area contributed by atoms with E-state index in [0.29, 0.717) is 12.3 Å². The Balaban J connectivity index is 0.00000139. The molecular formula is C18H25F4NO. The van der Waals surface area contributed by atoms with E-state index in [2.05, 4.69) is 5.32 Å². The summed E-state index contributed by atoms with van der Waals surface area (Å²) in [5, 5.41) is 2.52. The van der Waals surface area contributed by atoms with Crippen molar-refractivity contribution in [3.05, 3.63) is 34.4 Å². The van der Waals surface area contributed by atoms with E-state index in [9.17, 15) is 22.4 Å². The van der Waals surface area contributed by atoms with Crippen LogP contribution in [0, 0.1) is 42.0 Å². The molecule has 0 saturated heterocycles. The normalized spacial score (nSPS) is 23.3. The molecule has 0 aliphatic heterocycles. The van der Waals surface area contributed by atoms with Gasteiger partial charge in [0.25, 0.3) is 5.91 Å². The zero-order chi connectivity index (χ0) is 18.6. The molecule has 3 atom stereocenters. The van der Waals surface area contributed by atoms with E-state index >= 15 is 0 Å².